The second-order valence-electron chi connectivity index (χ2n) is 10.7. The molecule has 0 heterocycles. The van der Waals surface area contributed by atoms with Gasteiger partial charge >= 0.3 is 0 Å². The van der Waals surface area contributed by atoms with Crippen LogP contribution in [0.15, 0.2) is 12.2 Å². The Bertz CT molecular complexity index is 654. The van der Waals surface area contributed by atoms with E-state index < -0.39 is 16.6 Å². The number of Topliss-reactive ketones (excluding diaryl/α,β-unsaturated/α-hetero) is 1. The maximum absolute atomic E-state index is 12.5. The quantitative estimate of drug-likeness (QED) is 0.137. The SMILES string of the molecule is C=C1C(=O)C[C@H](O[Si](CC)(CC)CC)[C@H]1C#C[C@H](CCCCC)O[Si](C)(C)C(C)(C)C. The zero-order chi connectivity index (χ0) is 23.9. The molecule has 1 aliphatic carbocycles. The Hall–Kier alpha value is -0.676. The van der Waals surface area contributed by atoms with Gasteiger partial charge in [0, 0.05) is 12.0 Å². The molecule has 0 unspecified atom stereocenters. The Morgan fingerprint density at radius 3 is 2.16 bits per heavy atom. The first kappa shape index (κ1) is 28.4. The summed E-state index contributed by atoms with van der Waals surface area (Å²) in [6.45, 7) is 24.4. The van der Waals surface area contributed by atoms with Crippen molar-refractivity contribution in [3.8, 4) is 11.8 Å². The molecule has 1 saturated carbocycles. The van der Waals surface area contributed by atoms with Gasteiger partial charge in [-0.1, -0.05) is 79.7 Å². The van der Waals surface area contributed by atoms with Gasteiger partial charge in [0.15, 0.2) is 22.4 Å². The largest absolute Gasteiger partial charge is 0.412 e. The van der Waals surface area contributed by atoms with E-state index in [4.69, 9.17) is 8.85 Å². The fourth-order valence-electron chi connectivity index (χ4n) is 3.90. The molecule has 0 spiro atoms. The van der Waals surface area contributed by atoms with E-state index in [0.717, 1.165) is 31.0 Å². The molecule has 0 aromatic rings. The molecular weight excluding hydrogens is 416 g/mol. The number of unbranched alkanes of at least 4 members (excludes halogenated alkanes) is 2. The molecule has 0 amide bonds. The van der Waals surface area contributed by atoms with Gasteiger partial charge in [-0.25, -0.2) is 0 Å². The van der Waals surface area contributed by atoms with Crippen LogP contribution in [0.5, 0.6) is 0 Å². The third-order valence-corrected chi connectivity index (χ3v) is 16.7. The number of hydrogen-bond acceptors (Lipinski definition) is 3. The Morgan fingerprint density at radius 2 is 1.68 bits per heavy atom. The van der Waals surface area contributed by atoms with Crippen LogP contribution in [0.2, 0.25) is 36.3 Å². The zero-order valence-electron chi connectivity index (χ0n) is 21.8. The van der Waals surface area contributed by atoms with Gasteiger partial charge in [0.2, 0.25) is 0 Å². The second kappa shape index (κ2) is 12.0. The molecule has 0 aromatic carbocycles. The lowest BCUT2D eigenvalue weighted by Gasteiger charge is -2.38. The number of hydrogen-bond donors (Lipinski definition) is 0. The summed E-state index contributed by atoms with van der Waals surface area (Å²) in [6, 6.07) is 3.22. The van der Waals surface area contributed by atoms with Crippen LogP contribution in [0.25, 0.3) is 0 Å². The molecule has 0 N–H and O–H groups in total. The Balaban J connectivity index is 3.13. The number of ketones is 1. The molecule has 1 aliphatic rings. The molecule has 0 radical (unpaired) electrons. The van der Waals surface area contributed by atoms with Crippen LogP contribution in [-0.4, -0.2) is 34.6 Å². The predicted molar refractivity (Wildman–Crippen MR) is 138 cm³/mol. The molecule has 0 aromatic heterocycles. The van der Waals surface area contributed by atoms with Gasteiger partial charge in [-0.15, -0.1) is 0 Å². The van der Waals surface area contributed by atoms with E-state index >= 15 is 0 Å². The van der Waals surface area contributed by atoms with Crippen LogP contribution in [0.1, 0.15) is 80.6 Å². The Labute approximate surface area is 195 Å². The summed E-state index contributed by atoms with van der Waals surface area (Å²) in [5.74, 6) is 6.81. The van der Waals surface area contributed by atoms with E-state index in [-0.39, 0.29) is 28.9 Å². The van der Waals surface area contributed by atoms with Gasteiger partial charge in [-0.05, 0) is 49.1 Å². The second-order valence-corrected chi connectivity index (χ2v) is 20.2. The highest BCUT2D eigenvalue weighted by molar-refractivity contribution is 6.74. The van der Waals surface area contributed by atoms with Crippen molar-refractivity contribution in [3.63, 3.8) is 0 Å². The summed E-state index contributed by atoms with van der Waals surface area (Å²) in [5.41, 5.74) is 0.628. The van der Waals surface area contributed by atoms with Gasteiger partial charge in [-0.2, -0.15) is 0 Å². The van der Waals surface area contributed by atoms with Crippen LogP contribution in [0.4, 0.5) is 0 Å². The fourth-order valence-corrected chi connectivity index (χ4v) is 8.00. The molecule has 1 rings (SSSR count). The monoisotopic (exact) mass is 464 g/mol. The van der Waals surface area contributed by atoms with E-state index in [9.17, 15) is 4.79 Å². The summed E-state index contributed by atoms with van der Waals surface area (Å²) >= 11 is 0. The summed E-state index contributed by atoms with van der Waals surface area (Å²) in [5, 5.41) is 0.144. The highest BCUT2D eigenvalue weighted by Crippen LogP contribution is 2.38. The fraction of sp³-hybridized carbons (Fsp3) is 0.808. The van der Waals surface area contributed by atoms with Crippen molar-refractivity contribution < 1.29 is 13.6 Å². The Morgan fingerprint density at radius 1 is 1.10 bits per heavy atom. The lowest BCUT2D eigenvalue weighted by molar-refractivity contribution is -0.115. The van der Waals surface area contributed by atoms with Crippen LogP contribution in [0.3, 0.4) is 0 Å². The summed E-state index contributed by atoms with van der Waals surface area (Å²) in [6.07, 6.45) is 4.65. The summed E-state index contributed by atoms with van der Waals surface area (Å²) in [7, 11) is -3.74. The van der Waals surface area contributed by atoms with Gasteiger partial charge in [0.25, 0.3) is 0 Å². The molecule has 31 heavy (non-hydrogen) atoms. The third-order valence-electron chi connectivity index (χ3n) is 7.54. The molecule has 3 atom stereocenters. The minimum absolute atomic E-state index is 0.0814. The maximum atomic E-state index is 12.5. The molecular formula is C26H48O3Si2. The number of carbonyl (C=O) groups excluding carboxylic acids is 1. The van der Waals surface area contributed by atoms with Gasteiger partial charge in [0.1, 0.15) is 6.10 Å². The zero-order valence-corrected chi connectivity index (χ0v) is 23.8. The molecule has 1 fully saturated rings. The third kappa shape index (κ3) is 7.70. The summed E-state index contributed by atoms with van der Waals surface area (Å²) in [4.78, 5) is 12.5. The number of rotatable bonds is 11. The van der Waals surface area contributed by atoms with Crippen molar-refractivity contribution in [3.05, 3.63) is 12.2 Å². The molecule has 0 aliphatic heterocycles. The average molecular weight is 465 g/mol. The normalized spacial score (nSPS) is 21.2. The van der Waals surface area contributed by atoms with Crippen molar-refractivity contribution in [1.82, 2.24) is 0 Å². The maximum Gasteiger partial charge on any atom is 0.193 e. The predicted octanol–water partition coefficient (Wildman–Crippen LogP) is 7.50. The average Bonchev–Trinajstić information content (AvgIpc) is 2.96. The van der Waals surface area contributed by atoms with Crippen LogP contribution in [0, 0.1) is 17.8 Å². The molecule has 178 valence electrons. The lowest BCUT2D eigenvalue weighted by atomic mass is 10.0. The standard InChI is InChI=1S/C26H48O3Si2/c1-11-15-16-17-22(28-30(9,10)26(6,7)8)18-19-23-21(5)24(27)20-25(23)29-31(12-2,13-3)14-4/h22-23,25H,5,11-17,20H2,1-4,6-10H3/t22-,23-,25-/m0/s1. The van der Waals surface area contributed by atoms with E-state index in [1.54, 1.807) is 0 Å². The minimum Gasteiger partial charge on any atom is -0.412 e. The van der Waals surface area contributed by atoms with Gasteiger partial charge in [-0.3, -0.25) is 4.79 Å². The van der Waals surface area contributed by atoms with Crippen molar-refractivity contribution in [2.75, 3.05) is 0 Å². The first-order chi connectivity index (χ1) is 14.4. The minimum atomic E-state index is -1.92. The van der Waals surface area contributed by atoms with E-state index in [1.165, 1.54) is 12.8 Å². The highest BCUT2D eigenvalue weighted by Gasteiger charge is 2.42. The summed E-state index contributed by atoms with van der Waals surface area (Å²) < 4.78 is 13.4. The van der Waals surface area contributed by atoms with E-state index in [1.807, 2.05) is 0 Å². The van der Waals surface area contributed by atoms with Crippen molar-refractivity contribution in [2.45, 2.75) is 129 Å². The lowest BCUT2D eigenvalue weighted by Crippen LogP contribution is -2.43. The van der Waals surface area contributed by atoms with Crippen LogP contribution in [-0.2, 0) is 13.6 Å². The molecule has 0 bridgehead atoms. The highest BCUT2D eigenvalue weighted by atomic mass is 28.4. The van der Waals surface area contributed by atoms with Crippen molar-refractivity contribution in [1.29, 1.82) is 0 Å². The topological polar surface area (TPSA) is 35.5 Å². The van der Waals surface area contributed by atoms with Crippen LogP contribution >= 0.6 is 0 Å². The molecule has 0 saturated heterocycles. The van der Waals surface area contributed by atoms with Crippen LogP contribution < -0.4 is 0 Å². The Kier molecular flexibility index (Phi) is 11.0. The van der Waals surface area contributed by atoms with Crippen molar-refractivity contribution >= 4 is 22.4 Å². The van der Waals surface area contributed by atoms with Gasteiger partial charge in [0.05, 0.1) is 12.0 Å². The molecule has 5 heteroatoms. The van der Waals surface area contributed by atoms with E-state index in [0.29, 0.717) is 12.0 Å². The number of carbonyl (C=O) groups is 1. The van der Waals surface area contributed by atoms with E-state index in [2.05, 4.69) is 80.0 Å². The molecule has 3 nitrogen and oxygen atoms in total. The van der Waals surface area contributed by atoms with Gasteiger partial charge < -0.3 is 8.85 Å². The first-order valence-corrected chi connectivity index (χ1v) is 17.9. The van der Waals surface area contributed by atoms with Crippen molar-refractivity contribution in [2.24, 2.45) is 5.92 Å². The smallest absolute Gasteiger partial charge is 0.193 e. The first-order valence-electron chi connectivity index (χ1n) is 12.4.